The average molecular weight is 341 g/mol. The quantitative estimate of drug-likeness (QED) is 0.744. The van der Waals surface area contributed by atoms with Crippen molar-refractivity contribution in [2.75, 3.05) is 5.32 Å². The largest absolute Gasteiger partial charge is 0.300 e. The molecule has 4 nitrogen and oxygen atoms in total. The van der Waals surface area contributed by atoms with Gasteiger partial charge in [0.15, 0.2) is 5.01 Å². The maximum Gasteiger partial charge on any atom is 0.233 e. The molecule has 0 aliphatic heterocycles. The number of rotatable bonds is 5. The van der Waals surface area contributed by atoms with Gasteiger partial charge in [0.05, 0.1) is 5.92 Å². The lowest BCUT2D eigenvalue weighted by atomic mass is 9.96. The molecule has 0 fully saturated rings. The number of hydrogen-bond donors (Lipinski definition) is 1. The fraction of sp³-hybridized carbons (Fsp3) is 0.167. The van der Waals surface area contributed by atoms with Crippen molar-refractivity contribution in [1.29, 1.82) is 0 Å². The van der Waals surface area contributed by atoms with E-state index in [1.54, 1.807) is 18.2 Å². The Morgan fingerprint density at radius 1 is 1.12 bits per heavy atom. The highest BCUT2D eigenvalue weighted by molar-refractivity contribution is 7.18. The third-order valence-corrected chi connectivity index (χ3v) is 4.56. The van der Waals surface area contributed by atoms with Crippen LogP contribution in [0.5, 0.6) is 0 Å². The van der Waals surface area contributed by atoms with Crippen LogP contribution < -0.4 is 5.32 Å². The molecule has 0 spiro atoms. The van der Waals surface area contributed by atoms with Crippen LogP contribution in [-0.2, 0) is 4.79 Å². The van der Waals surface area contributed by atoms with Gasteiger partial charge in [0, 0.05) is 5.56 Å². The summed E-state index contributed by atoms with van der Waals surface area (Å²) in [7, 11) is 0. The van der Waals surface area contributed by atoms with E-state index in [1.807, 2.05) is 37.3 Å². The fourth-order valence-corrected chi connectivity index (χ4v) is 3.24. The van der Waals surface area contributed by atoms with E-state index in [4.69, 9.17) is 0 Å². The number of amides is 1. The first-order chi connectivity index (χ1) is 11.7. The van der Waals surface area contributed by atoms with Crippen LogP contribution in [0.25, 0.3) is 10.6 Å². The molecule has 0 unspecified atom stereocenters. The van der Waals surface area contributed by atoms with Crippen molar-refractivity contribution in [3.05, 3.63) is 66.0 Å². The first-order valence-corrected chi connectivity index (χ1v) is 8.45. The Hall–Kier alpha value is -2.60. The Morgan fingerprint density at radius 3 is 2.54 bits per heavy atom. The standard InChI is InChI=1S/C18H16FN3OS/c1-2-13(12-8-4-3-5-9-12)16(23)20-18-22-21-17(24-18)14-10-6-7-11-15(14)19/h3-11,13H,2H2,1H3,(H,20,22,23)/t13-/m1/s1. The predicted octanol–water partition coefficient (Wildman–Crippen LogP) is 4.48. The zero-order valence-electron chi connectivity index (χ0n) is 13.1. The first kappa shape index (κ1) is 16.3. The van der Waals surface area contributed by atoms with Crippen molar-refractivity contribution < 1.29 is 9.18 Å². The number of halogens is 1. The van der Waals surface area contributed by atoms with E-state index in [0.29, 0.717) is 22.1 Å². The summed E-state index contributed by atoms with van der Waals surface area (Å²) in [5.74, 6) is -0.755. The van der Waals surface area contributed by atoms with Gasteiger partial charge in [-0.25, -0.2) is 4.39 Å². The van der Waals surface area contributed by atoms with Gasteiger partial charge >= 0.3 is 0 Å². The van der Waals surface area contributed by atoms with Crippen molar-refractivity contribution in [3.63, 3.8) is 0 Å². The molecule has 1 heterocycles. The number of nitrogens with one attached hydrogen (secondary N) is 1. The summed E-state index contributed by atoms with van der Waals surface area (Å²) < 4.78 is 13.8. The molecule has 24 heavy (non-hydrogen) atoms. The summed E-state index contributed by atoms with van der Waals surface area (Å²) >= 11 is 1.16. The minimum atomic E-state index is -0.359. The summed E-state index contributed by atoms with van der Waals surface area (Å²) in [6.07, 6.45) is 0.675. The van der Waals surface area contributed by atoms with Gasteiger partial charge in [0.1, 0.15) is 5.82 Å². The molecule has 0 saturated heterocycles. The lowest BCUT2D eigenvalue weighted by Crippen LogP contribution is -2.20. The second-order valence-electron chi connectivity index (χ2n) is 5.25. The number of carbonyl (C=O) groups excluding carboxylic acids is 1. The van der Waals surface area contributed by atoms with Crippen LogP contribution in [0.2, 0.25) is 0 Å². The monoisotopic (exact) mass is 341 g/mol. The second kappa shape index (κ2) is 7.31. The number of aromatic nitrogens is 2. The Bertz CT molecular complexity index is 835. The summed E-state index contributed by atoms with van der Waals surface area (Å²) in [6, 6.07) is 16.0. The Balaban J connectivity index is 1.77. The van der Waals surface area contributed by atoms with Crippen molar-refractivity contribution in [2.45, 2.75) is 19.3 Å². The van der Waals surface area contributed by atoms with Gasteiger partial charge in [-0.1, -0.05) is 60.7 Å². The summed E-state index contributed by atoms with van der Waals surface area (Å²) in [5, 5.41) is 11.5. The van der Waals surface area contributed by atoms with Gasteiger partial charge in [-0.3, -0.25) is 10.1 Å². The Labute approximate surface area is 143 Å². The van der Waals surface area contributed by atoms with E-state index >= 15 is 0 Å². The summed E-state index contributed by atoms with van der Waals surface area (Å²) in [5.41, 5.74) is 1.34. The van der Waals surface area contributed by atoms with Gasteiger partial charge < -0.3 is 0 Å². The van der Waals surface area contributed by atoms with E-state index in [0.717, 1.165) is 16.9 Å². The Morgan fingerprint density at radius 2 is 1.83 bits per heavy atom. The highest BCUT2D eigenvalue weighted by Crippen LogP contribution is 2.29. The van der Waals surface area contributed by atoms with Crippen LogP contribution in [0.1, 0.15) is 24.8 Å². The molecule has 0 saturated carbocycles. The van der Waals surface area contributed by atoms with Gasteiger partial charge in [-0.2, -0.15) is 0 Å². The molecule has 0 radical (unpaired) electrons. The number of benzene rings is 2. The minimum Gasteiger partial charge on any atom is -0.300 e. The molecular weight excluding hydrogens is 325 g/mol. The van der Waals surface area contributed by atoms with Crippen LogP contribution in [0.4, 0.5) is 9.52 Å². The van der Waals surface area contributed by atoms with Gasteiger partial charge in [-0.05, 0) is 24.1 Å². The minimum absolute atomic E-state index is 0.139. The van der Waals surface area contributed by atoms with E-state index in [2.05, 4.69) is 15.5 Å². The zero-order valence-corrected chi connectivity index (χ0v) is 13.9. The van der Waals surface area contributed by atoms with Crippen molar-refractivity contribution in [3.8, 4) is 10.6 Å². The number of hydrogen-bond acceptors (Lipinski definition) is 4. The Kier molecular flexibility index (Phi) is 4.96. The highest BCUT2D eigenvalue weighted by Gasteiger charge is 2.20. The summed E-state index contributed by atoms with van der Waals surface area (Å²) in [4.78, 5) is 12.5. The van der Waals surface area contributed by atoms with Gasteiger partial charge in [-0.15, -0.1) is 10.2 Å². The van der Waals surface area contributed by atoms with Crippen LogP contribution in [0, 0.1) is 5.82 Å². The average Bonchev–Trinajstić information content (AvgIpc) is 3.05. The topological polar surface area (TPSA) is 54.9 Å². The van der Waals surface area contributed by atoms with Gasteiger partial charge in [0.2, 0.25) is 11.0 Å². The normalized spacial score (nSPS) is 11.9. The van der Waals surface area contributed by atoms with Crippen molar-refractivity contribution in [1.82, 2.24) is 10.2 Å². The molecule has 122 valence electrons. The van der Waals surface area contributed by atoms with E-state index < -0.39 is 0 Å². The smallest absolute Gasteiger partial charge is 0.233 e. The highest BCUT2D eigenvalue weighted by atomic mass is 32.1. The lowest BCUT2D eigenvalue weighted by molar-refractivity contribution is -0.117. The number of nitrogens with zero attached hydrogens (tertiary/aromatic N) is 2. The lowest BCUT2D eigenvalue weighted by Gasteiger charge is -2.13. The second-order valence-corrected chi connectivity index (χ2v) is 6.23. The van der Waals surface area contributed by atoms with Crippen LogP contribution >= 0.6 is 11.3 Å². The first-order valence-electron chi connectivity index (χ1n) is 7.63. The summed E-state index contributed by atoms with van der Waals surface area (Å²) in [6.45, 7) is 1.96. The number of anilines is 1. The predicted molar refractivity (Wildman–Crippen MR) is 93.4 cm³/mol. The molecule has 6 heteroatoms. The SMILES string of the molecule is CC[C@@H](C(=O)Nc1nnc(-c2ccccc2F)s1)c1ccccc1. The molecule has 0 aliphatic rings. The van der Waals surface area contributed by atoms with E-state index in [9.17, 15) is 9.18 Å². The molecular formula is C18H16FN3OS. The third kappa shape index (κ3) is 3.49. The molecule has 3 rings (SSSR count). The van der Waals surface area contributed by atoms with E-state index in [-0.39, 0.29) is 17.6 Å². The molecule has 1 amide bonds. The third-order valence-electron chi connectivity index (χ3n) is 3.69. The maximum atomic E-state index is 13.8. The van der Waals surface area contributed by atoms with Gasteiger partial charge in [0.25, 0.3) is 0 Å². The molecule has 2 aromatic carbocycles. The maximum absolute atomic E-state index is 13.8. The van der Waals surface area contributed by atoms with Crippen LogP contribution in [-0.4, -0.2) is 16.1 Å². The number of carbonyl (C=O) groups is 1. The molecule has 3 aromatic rings. The fourth-order valence-electron chi connectivity index (χ4n) is 2.47. The molecule has 0 aliphatic carbocycles. The molecule has 0 bridgehead atoms. The van der Waals surface area contributed by atoms with Crippen LogP contribution in [0.3, 0.4) is 0 Å². The molecule has 1 aromatic heterocycles. The molecule has 1 N–H and O–H groups in total. The van der Waals surface area contributed by atoms with Crippen molar-refractivity contribution in [2.24, 2.45) is 0 Å². The van der Waals surface area contributed by atoms with Crippen molar-refractivity contribution >= 4 is 22.4 Å². The zero-order chi connectivity index (χ0) is 16.9. The van der Waals surface area contributed by atoms with E-state index in [1.165, 1.54) is 6.07 Å². The van der Waals surface area contributed by atoms with Crippen LogP contribution in [0.15, 0.2) is 54.6 Å². The molecule has 1 atom stereocenters.